The lowest BCUT2D eigenvalue weighted by atomic mass is 10.2. The zero-order valence-corrected chi connectivity index (χ0v) is 13.4. The second kappa shape index (κ2) is 8.39. The van der Waals surface area contributed by atoms with Crippen molar-refractivity contribution < 1.29 is 9.53 Å². The fourth-order valence-electron chi connectivity index (χ4n) is 2.01. The quantitative estimate of drug-likeness (QED) is 0.817. The molecule has 1 aliphatic heterocycles. The largest absolute Gasteiger partial charge is 0.481 e. The van der Waals surface area contributed by atoms with Crippen molar-refractivity contribution in [2.24, 2.45) is 0 Å². The van der Waals surface area contributed by atoms with Gasteiger partial charge in [-0.3, -0.25) is 4.79 Å². The molecule has 2 rings (SSSR count). The van der Waals surface area contributed by atoms with E-state index >= 15 is 0 Å². The Kier molecular flexibility index (Phi) is 7.19. The third kappa shape index (κ3) is 4.89. The summed E-state index contributed by atoms with van der Waals surface area (Å²) in [5.41, 5.74) is 0. The first-order valence-electron chi connectivity index (χ1n) is 6.51. The molecule has 0 saturated carbocycles. The summed E-state index contributed by atoms with van der Waals surface area (Å²) in [4.78, 5) is 13.1. The van der Waals surface area contributed by atoms with Crippen molar-refractivity contribution in [1.82, 2.24) is 10.6 Å². The minimum absolute atomic E-state index is 0. The molecule has 4 nitrogen and oxygen atoms in total. The number of amides is 1. The Bertz CT molecular complexity index is 422. The third-order valence-electron chi connectivity index (χ3n) is 3.15. The Morgan fingerprint density at radius 1 is 1.45 bits per heavy atom. The van der Waals surface area contributed by atoms with E-state index in [9.17, 15) is 4.79 Å². The van der Waals surface area contributed by atoms with Crippen molar-refractivity contribution in [3.05, 3.63) is 24.3 Å². The van der Waals surface area contributed by atoms with Gasteiger partial charge in [-0.1, -0.05) is 0 Å². The summed E-state index contributed by atoms with van der Waals surface area (Å²) in [5.74, 6) is 0.674. The number of ether oxygens (including phenoxy) is 1. The van der Waals surface area contributed by atoms with Crippen LogP contribution in [0.15, 0.2) is 29.2 Å². The molecule has 1 fully saturated rings. The predicted molar refractivity (Wildman–Crippen MR) is 85.0 cm³/mol. The van der Waals surface area contributed by atoms with Crippen LogP contribution in [0.25, 0.3) is 0 Å². The Balaban J connectivity index is 0.00000200. The molecule has 1 aliphatic rings. The van der Waals surface area contributed by atoms with E-state index in [1.54, 1.807) is 18.7 Å². The average molecular weight is 317 g/mol. The van der Waals surface area contributed by atoms with Gasteiger partial charge in [0.05, 0.1) is 0 Å². The van der Waals surface area contributed by atoms with Crippen molar-refractivity contribution in [2.45, 2.75) is 30.4 Å². The molecule has 0 spiro atoms. The van der Waals surface area contributed by atoms with Gasteiger partial charge in [-0.25, -0.2) is 0 Å². The van der Waals surface area contributed by atoms with Crippen LogP contribution in [-0.4, -0.2) is 37.4 Å². The molecule has 0 radical (unpaired) electrons. The maximum atomic E-state index is 12.0. The number of halogens is 1. The normalized spacial score (nSPS) is 19.0. The van der Waals surface area contributed by atoms with Crippen LogP contribution in [0.4, 0.5) is 0 Å². The molecule has 0 aromatic heterocycles. The standard InChI is InChI=1S/C14H20N2O2S.ClH/c1-10(14(17)16-11-7-8-15-9-11)18-12-3-5-13(19-2)6-4-12;/h3-6,10-11,15H,7-9H2,1-2H3,(H,16,17);1H. The van der Waals surface area contributed by atoms with Crippen LogP contribution >= 0.6 is 24.2 Å². The molecule has 0 aliphatic carbocycles. The minimum Gasteiger partial charge on any atom is -0.481 e. The number of benzene rings is 1. The van der Waals surface area contributed by atoms with E-state index in [0.29, 0.717) is 0 Å². The number of hydrogen-bond acceptors (Lipinski definition) is 4. The fourth-order valence-corrected chi connectivity index (χ4v) is 2.42. The molecular formula is C14H21ClN2O2S. The highest BCUT2D eigenvalue weighted by Crippen LogP contribution is 2.19. The van der Waals surface area contributed by atoms with Crippen molar-refractivity contribution in [3.63, 3.8) is 0 Å². The van der Waals surface area contributed by atoms with E-state index in [2.05, 4.69) is 10.6 Å². The van der Waals surface area contributed by atoms with Gasteiger partial charge in [-0.05, 0) is 50.4 Å². The monoisotopic (exact) mass is 316 g/mol. The summed E-state index contributed by atoms with van der Waals surface area (Å²) in [6.45, 7) is 3.59. The number of carbonyl (C=O) groups excluding carboxylic acids is 1. The van der Waals surface area contributed by atoms with Gasteiger partial charge in [-0.2, -0.15) is 0 Å². The highest BCUT2D eigenvalue weighted by atomic mass is 35.5. The summed E-state index contributed by atoms with van der Waals surface area (Å²) in [6.07, 6.45) is 2.54. The summed E-state index contributed by atoms with van der Waals surface area (Å²) >= 11 is 1.68. The van der Waals surface area contributed by atoms with Gasteiger partial charge in [0.25, 0.3) is 5.91 Å². The first-order valence-corrected chi connectivity index (χ1v) is 7.73. The van der Waals surface area contributed by atoms with Crippen molar-refractivity contribution in [1.29, 1.82) is 0 Å². The lowest BCUT2D eigenvalue weighted by molar-refractivity contribution is -0.127. The van der Waals surface area contributed by atoms with Gasteiger partial charge in [0.15, 0.2) is 6.10 Å². The molecule has 1 amide bonds. The van der Waals surface area contributed by atoms with Crippen molar-refractivity contribution in [3.8, 4) is 5.75 Å². The van der Waals surface area contributed by atoms with Crippen LogP contribution in [0.3, 0.4) is 0 Å². The first-order chi connectivity index (χ1) is 9.19. The Morgan fingerprint density at radius 2 is 2.15 bits per heavy atom. The number of nitrogens with one attached hydrogen (secondary N) is 2. The number of thioether (sulfide) groups is 1. The van der Waals surface area contributed by atoms with Gasteiger partial charge in [0, 0.05) is 17.5 Å². The molecule has 2 atom stereocenters. The van der Waals surface area contributed by atoms with E-state index in [-0.39, 0.29) is 24.4 Å². The van der Waals surface area contributed by atoms with Gasteiger partial charge >= 0.3 is 0 Å². The van der Waals surface area contributed by atoms with E-state index in [0.717, 1.165) is 25.3 Å². The number of carbonyl (C=O) groups is 1. The van der Waals surface area contributed by atoms with Crippen LogP contribution < -0.4 is 15.4 Å². The summed E-state index contributed by atoms with van der Waals surface area (Å²) in [6, 6.07) is 8.01. The summed E-state index contributed by atoms with van der Waals surface area (Å²) in [5, 5.41) is 6.21. The highest BCUT2D eigenvalue weighted by Gasteiger charge is 2.21. The maximum Gasteiger partial charge on any atom is 0.261 e. The zero-order chi connectivity index (χ0) is 13.7. The molecular weight excluding hydrogens is 296 g/mol. The molecule has 1 aromatic rings. The lowest BCUT2D eigenvalue weighted by Gasteiger charge is -2.17. The Labute approximate surface area is 130 Å². The van der Waals surface area contributed by atoms with E-state index in [1.165, 1.54) is 4.90 Å². The third-order valence-corrected chi connectivity index (χ3v) is 3.89. The van der Waals surface area contributed by atoms with E-state index in [1.807, 2.05) is 30.5 Å². The topological polar surface area (TPSA) is 50.4 Å². The molecule has 1 saturated heterocycles. The highest BCUT2D eigenvalue weighted by molar-refractivity contribution is 7.98. The lowest BCUT2D eigenvalue weighted by Crippen LogP contribution is -2.43. The van der Waals surface area contributed by atoms with Gasteiger partial charge in [-0.15, -0.1) is 24.2 Å². The smallest absolute Gasteiger partial charge is 0.261 e. The SMILES string of the molecule is CSc1ccc(OC(C)C(=O)NC2CCNC2)cc1.Cl. The second-order valence-corrected chi connectivity index (χ2v) is 5.51. The molecule has 1 heterocycles. The fraction of sp³-hybridized carbons (Fsp3) is 0.500. The minimum atomic E-state index is -0.472. The maximum absolute atomic E-state index is 12.0. The van der Waals surface area contributed by atoms with E-state index in [4.69, 9.17) is 4.74 Å². The van der Waals surface area contributed by atoms with Gasteiger partial charge in [0.1, 0.15) is 5.75 Å². The van der Waals surface area contributed by atoms with Crippen molar-refractivity contribution in [2.75, 3.05) is 19.3 Å². The summed E-state index contributed by atoms with van der Waals surface area (Å²) < 4.78 is 5.64. The Morgan fingerprint density at radius 3 is 2.70 bits per heavy atom. The molecule has 2 N–H and O–H groups in total. The average Bonchev–Trinajstić information content (AvgIpc) is 2.92. The van der Waals surface area contributed by atoms with E-state index < -0.39 is 6.10 Å². The molecule has 1 aromatic carbocycles. The number of rotatable bonds is 5. The molecule has 0 bridgehead atoms. The summed E-state index contributed by atoms with van der Waals surface area (Å²) in [7, 11) is 0. The predicted octanol–water partition coefficient (Wildman–Crippen LogP) is 2.08. The number of hydrogen-bond donors (Lipinski definition) is 2. The van der Waals surface area contributed by atoms with Gasteiger partial charge in [0.2, 0.25) is 0 Å². The van der Waals surface area contributed by atoms with Crippen LogP contribution in [0, 0.1) is 0 Å². The molecule has 2 unspecified atom stereocenters. The van der Waals surface area contributed by atoms with Crippen LogP contribution in [0.2, 0.25) is 0 Å². The first kappa shape index (κ1) is 17.1. The van der Waals surface area contributed by atoms with Crippen LogP contribution in [0.5, 0.6) is 5.75 Å². The van der Waals surface area contributed by atoms with Crippen LogP contribution in [0.1, 0.15) is 13.3 Å². The molecule has 112 valence electrons. The van der Waals surface area contributed by atoms with Crippen LogP contribution in [-0.2, 0) is 4.79 Å². The Hall–Kier alpha value is -0.910. The van der Waals surface area contributed by atoms with Crippen molar-refractivity contribution >= 4 is 30.1 Å². The zero-order valence-electron chi connectivity index (χ0n) is 11.7. The molecule has 6 heteroatoms. The van der Waals surface area contributed by atoms with Gasteiger partial charge < -0.3 is 15.4 Å². The molecule has 20 heavy (non-hydrogen) atoms. The second-order valence-electron chi connectivity index (χ2n) is 4.63.